The molecular weight excluding hydrogens is 470 g/mol. The average Bonchev–Trinajstić information content (AvgIpc) is 3.55. The van der Waals surface area contributed by atoms with Crippen LogP contribution in [-0.4, -0.2) is 28.8 Å². The van der Waals surface area contributed by atoms with E-state index in [1.807, 2.05) is 30.3 Å². The lowest BCUT2D eigenvalue weighted by molar-refractivity contribution is -0.140. The second-order valence-electron chi connectivity index (χ2n) is 8.55. The number of amides is 1. The molecule has 7 heteroatoms. The predicted molar refractivity (Wildman–Crippen MR) is 137 cm³/mol. The summed E-state index contributed by atoms with van der Waals surface area (Å²) in [6, 6.07) is 26.4. The summed E-state index contributed by atoms with van der Waals surface area (Å²) in [5, 5.41) is 11.3. The van der Waals surface area contributed by atoms with Crippen LogP contribution in [0, 0.1) is 0 Å². The molecule has 1 unspecified atom stereocenters. The zero-order valence-corrected chi connectivity index (χ0v) is 20.2. The Balaban J connectivity index is 1.53. The number of ketones is 1. The number of furan rings is 1. The molecule has 3 aromatic carbocycles. The van der Waals surface area contributed by atoms with Gasteiger partial charge in [-0.1, -0.05) is 54.6 Å². The zero-order chi connectivity index (χ0) is 25.8. The first kappa shape index (κ1) is 23.9. The fourth-order valence-electron chi connectivity index (χ4n) is 4.43. The Morgan fingerprint density at radius 2 is 1.65 bits per heavy atom. The fourth-order valence-corrected chi connectivity index (χ4v) is 4.43. The van der Waals surface area contributed by atoms with Crippen molar-refractivity contribution in [3.05, 3.63) is 125 Å². The number of carbonyl (C=O) groups excluding carboxylic acids is 2. The van der Waals surface area contributed by atoms with Gasteiger partial charge in [-0.3, -0.25) is 9.59 Å². The van der Waals surface area contributed by atoms with Crippen LogP contribution in [-0.2, 0) is 22.7 Å². The second-order valence-corrected chi connectivity index (χ2v) is 8.55. The first-order chi connectivity index (χ1) is 18.1. The molecule has 0 aliphatic carbocycles. The van der Waals surface area contributed by atoms with Gasteiger partial charge in [-0.05, 0) is 47.5 Å². The Morgan fingerprint density at radius 1 is 0.919 bits per heavy atom. The highest BCUT2D eigenvalue weighted by atomic mass is 16.5. The van der Waals surface area contributed by atoms with E-state index in [1.165, 1.54) is 18.3 Å². The van der Waals surface area contributed by atoms with Crippen molar-refractivity contribution in [3.63, 3.8) is 0 Å². The van der Waals surface area contributed by atoms with Crippen LogP contribution in [0.25, 0.3) is 5.76 Å². The van der Waals surface area contributed by atoms with Crippen LogP contribution in [0.5, 0.6) is 11.5 Å². The van der Waals surface area contributed by atoms with Gasteiger partial charge in [-0.2, -0.15) is 0 Å². The van der Waals surface area contributed by atoms with Crippen LogP contribution in [0.2, 0.25) is 0 Å². The smallest absolute Gasteiger partial charge is 0.296 e. The third-order valence-corrected chi connectivity index (χ3v) is 6.25. The number of ether oxygens (including phenoxy) is 2. The molecule has 37 heavy (non-hydrogen) atoms. The normalized spacial score (nSPS) is 16.7. The molecule has 0 spiro atoms. The standard InChI is InChI=1S/C30H25NO6/c1-35-25-12-6-5-11-24(25)28(32)26-27(31(30(34)29(26)33)18-23-10-7-17-36-23)21-13-15-22(16-14-21)37-19-20-8-3-2-4-9-20/h2-17,27,32H,18-19H2,1H3/b28-26-. The van der Waals surface area contributed by atoms with Crippen molar-refractivity contribution in [2.75, 3.05) is 7.11 Å². The molecular formula is C30H25NO6. The highest BCUT2D eigenvalue weighted by Crippen LogP contribution is 2.42. The summed E-state index contributed by atoms with van der Waals surface area (Å²) in [5.74, 6) is -0.244. The molecule has 1 aromatic heterocycles. The summed E-state index contributed by atoms with van der Waals surface area (Å²) in [6.07, 6.45) is 1.51. The van der Waals surface area contributed by atoms with Crippen LogP contribution in [0.1, 0.15) is 28.5 Å². The average molecular weight is 496 g/mol. The van der Waals surface area contributed by atoms with Crippen molar-refractivity contribution in [3.8, 4) is 11.5 Å². The van der Waals surface area contributed by atoms with E-state index in [2.05, 4.69) is 0 Å². The number of rotatable bonds is 8. The number of benzene rings is 3. The van der Waals surface area contributed by atoms with Crippen molar-refractivity contribution in [1.82, 2.24) is 4.90 Å². The van der Waals surface area contributed by atoms with Gasteiger partial charge >= 0.3 is 0 Å². The van der Waals surface area contributed by atoms with E-state index in [0.717, 1.165) is 5.56 Å². The number of aliphatic hydroxyl groups is 1. The highest BCUT2D eigenvalue weighted by molar-refractivity contribution is 6.46. The minimum absolute atomic E-state index is 0.0148. The van der Waals surface area contributed by atoms with Gasteiger partial charge in [-0.15, -0.1) is 0 Å². The molecule has 7 nitrogen and oxygen atoms in total. The number of hydrogen-bond acceptors (Lipinski definition) is 6. The maximum absolute atomic E-state index is 13.3. The summed E-state index contributed by atoms with van der Waals surface area (Å²) < 4.78 is 16.7. The van der Waals surface area contributed by atoms with E-state index in [4.69, 9.17) is 13.9 Å². The third-order valence-electron chi connectivity index (χ3n) is 6.25. The topological polar surface area (TPSA) is 89.2 Å². The van der Waals surface area contributed by atoms with Gasteiger partial charge in [0.25, 0.3) is 11.7 Å². The number of likely N-dealkylation sites (tertiary alicyclic amines) is 1. The minimum atomic E-state index is -0.835. The van der Waals surface area contributed by atoms with Crippen LogP contribution < -0.4 is 9.47 Å². The summed E-state index contributed by atoms with van der Waals surface area (Å²) in [4.78, 5) is 27.8. The van der Waals surface area contributed by atoms with Gasteiger partial charge in [-0.25, -0.2) is 0 Å². The van der Waals surface area contributed by atoms with Crippen molar-refractivity contribution in [1.29, 1.82) is 0 Å². The Hall–Kier alpha value is -4.78. The second kappa shape index (κ2) is 10.5. The molecule has 0 saturated carbocycles. The van der Waals surface area contributed by atoms with Crippen molar-refractivity contribution < 1.29 is 28.6 Å². The van der Waals surface area contributed by atoms with Gasteiger partial charge in [0.05, 0.1) is 37.1 Å². The van der Waals surface area contributed by atoms with Gasteiger partial charge in [0, 0.05) is 0 Å². The Kier molecular flexibility index (Phi) is 6.76. The molecule has 5 rings (SSSR count). The molecule has 1 saturated heterocycles. The van der Waals surface area contributed by atoms with E-state index in [0.29, 0.717) is 35.0 Å². The van der Waals surface area contributed by atoms with Gasteiger partial charge in [0.1, 0.15) is 29.6 Å². The molecule has 1 N–H and O–H groups in total. The lowest BCUT2D eigenvalue weighted by Crippen LogP contribution is -2.29. The van der Waals surface area contributed by atoms with Gasteiger partial charge in [0.2, 0.25) is 0 Å². The maximum Gasteiger partial charge on any atom is 0.296 e. The Morgan fingerprint density at radius 3 is 2.35 bits per heavy atom. The lowest BCUT2D eigenvalue weighted by atomic mass is 9.95. The molecule has 1 aliphatic rings. The zero-order valence-electron chi connectivity index (χ0n) is 20.2. The quantitative estimate of drug-likeness (QED) is 0.198. The van der Waals surface area contributed by atoms with E-state index in [-0.39, 0.29) is 17.9 Å². The molecule has 186 valence electrons. The maximum atomic E-state index is 13.3. The number of nitrogens with zero attached hydrogens (tertiary/aromatic N) is 1. The number of hydrogen-bond donors (Lipinski definition) is 1. The van der Waals surface area contributed by atoms with Crippen LogP contribution in [0.4, 0.5) is 0 Å². The largest absolute Gasteiger partial charge is 0.507 e. The lowest BCUT2D eigenvalue weighted by Gasteiger charge is -2.25. The van der Waals surface area contributed by atoms with Crippen molar-refractivity contribution in [2.24, 2.45) is 0 Å². The summed E-state index contributed by atoms with van der Waals surface area (Å²) in [5.41, 5.74) is 2.00. The first-order valence-corrected chi connectivity index (χ1v) is 11.8. The van der Waals surface area contributed by atoms with Crippen molar-refractivity contribution in [2.45, 2.75) is 19.2 Å². The first-order valence-electron chi connectivity index (χ1n) is 11.8. The summed E-state index contributed by atoms with van der Waals surface area (Å²) in [6.45, 7) is 0.474. The highest BCUT2D eigenvalue weighted by Gasteiger charge is 2.46. The van der Waals surface area contributed by atoms with Crippen LogP contribution in [0.15, 0.2) is 107 Å². The Bertz CT molecular complexity index is 1420. The molecule has 2 heterocycles. The monoisotopic (exact) mass is 495 g/mol. The number of aliphatic hydroxyl groups excluding tert-OH is 1. The van der Waals surface area contributed by atoms with Crippen LogP contribution in [0.3, 0.4) is 0 Å². The molecule has 1 amide bonds. The van der Waals surface area contributed by atoms with E-state index in [1.54, 1.807) is 60.7 Å². The number of carbonyl (C=O) groups is 2. The van der Waals surface area contributed by atoms with Gasteiger partial charge in [0.15, 0.2) is 0 Å². The predicted octanol–water partition coefficient (Wildman–Crippen LogP) is 5.49. The molecule has 4 aromatic rings. The fraction of sp³-hybridized carbons (Fsp3) is 0.133. The molecule has 0 bridgehead atoms. The van der Waals surface area contributed by atoms with Crippen molar-refractivity contribution >= 4 is 17.4 Å². The number of para-hydroxylation sites is 1. The molecule has 1 fully saturated rings. The van der Waals surface area contributed by atoms with E-state index < -0.39 is 17.7 Å². The summed E-state index contributed by atoms with van der Waals surface area (Å²) >= 11 is 0. The minimum Gasteiger partial charge on any atom is -0.507 e. The van der Waals surface area contributed by atoms with E-state index >= 15 is 0 Å². The molecule has 1 aliphatic heterocycles. The molecule has 0 radical (unpaired) electrons. The molecule has 1 atom stereocenters. The van der Waals surface area contributed by atoms with Gasteiger partial charge < -0.3 is 23.9 Å². The number of Topliss-reactive ketones (excluding diaryl/α,β-unsaturated/α-hetero) is 1. The Labute approximate surface area is 214 Å². The third kappa shape index (κ3) is 4.84. The van der Waals surface area contributed by atoms with E-state index in [9.17, 15) is 14.7 Å². The SMILES string of the molecule is COc1ccccc1/C(O)=C1/C(=O)C(=O)N(Cc2ccco2)C1c1ccc(OCc2ccccc2)cc1. The number of methoxy groups -OCH3 is 1. The summed E-state index contributed by atoms with van der Waals surface area (Å²) in [7, 11) is 1.48. The van der Waals surface area contributed by atoms with Crippen LogP contribution >= 0.6 is 0 Å².